The van der Waals surface area contributed by atoms with Crippen LogP contribution in [0.25, 0.3) is 5.69 Å². The summed E-state index contributed by atoms with van der Waals surface area (Å²) in [5.41, 5.74) is 2.67. The van der Waals surface area contributed by atoms with Crippen LogP contribution < -0.4 is 4.90 Å². The minimum absolute atomic E-state index is 0.398. The van der Waals surface area contributed by atoms with Gasteiger partial charge in [0.15, 0.2) is 5.82 Å². The molecule has 2 heterocycles. The molecule has 0 spiro atoms. The Morgan fingerprint density at radius 1 is 0.923 bits per heavy atom. The minimum Gasteiger partial charge on any atom is -0.353 e. The molecule has 0 bridgehead atoms. The molecule has 1 aromatic heterocycles. The number of benzene rings is 2. The van der Waals surface area contributed by atoms with Crippen LogP contribution in [0.4, 0.5) is 5.82 Å². The number of hydrogen-bond donors (Lipinski definition) is 0. The fraction of sp³-hybridized carbons (Fsp3) is 0.286. The molecule has 1 saturated heterocycles. The standard InChI is InChI=1S/C21H21N5/c22-16-20-21(24-26(23-20)19-9-5-2-6-10-19)25-13-11-18(12-14-25)15-17-7-3-1-4-8-17/h1-10,18H,11-15H2. The van der Waals surface area contributed by atoms with E-state index in [-0.39, 0.29) is 0 Å². The normalized spacial score (nSPS) is 15.0. The molecule has 1 fully saturated rings. The highest BCUT2D eigenvalue weighted by Gasteiger charge is 2.24. The van der Waals surface area contributed by atoms with Gasteiger partial charge in [0.1, 0.15) is 6.07 Å². The van der Waals surface area contributed by atoms with Crippen molar-refractivity contribution in [2.45, 2.75) is 19.3 Å². The fourth-order valence-corrected chi connectivity index (χ4v) is 3.56. The Kier molecular flexibility index (Phi) is 4.65. The van der Waals surface area contributed by atoms with Crippen molar-refractivity contribution in [2.75, 3.05) is 18.0 Å². The molecule has 1 aliphatic rings. The van der Waals surface area contributed by atoms with Crippen molar-refractivity contribution in [3.8, 4) is 11.8 Å². The number of nitriles is 1. The first-order valence-electron chi connectivity index (χ1n) is 9.05. The van der Waals surface area contributed by atoms with E-state index in [1.54, 1.807) is 4.80 Å². The lowest BCUT2D eigenvalue weighted by molar-refractivity contribution is 0.402. The fourth-order valence-electron chi connectivity index (χ4n) is 3.56. The third-order valence-corrected chi connectivity index (χ3v) is 4.97. The molecule has 0 N–H and O–H groups in total. The van der Waals surface area contributed by atoms with Crippen molar-refractivity contribution in [1.82, 2.24) is 15.0 Å². The van der Waals surface area contributed by atoms with Crippen molar-refractivity contribution < 1.29 is 0 Å². The van der Waals surface area contributed by atoms with Crippen molar-refractivity contribution in [2.24, 2.45) is 5.92 Å². The van der Waals surface area contributed by atoms with Gasteiger partial charge in [-0.1, -0.05) is 48.5 Å². The summed E-state index contributed by atoms with van der Waals surface area (Å²) in [6.45, 7) is 1.83. The molecular formula is C21H21N5. The highest BCUT2D eigenvalue weighted by Crippen LogP contribution is 2.26. The Labute approximate surface area is 153 Å². The van der Waals surface area contributed by atoms with Crippen LogP contribution in [0, 0.1) is 17.2 Å². The van der Waals surface area contributed by atoms with E-state index in [9.17, 15) is 5.26 Å². The van der Waals surface area contributed by atoms with Gasteiger partial charge in [-0.2, -0.15) is 5.26 Å². The lowest BCUT2D eigenvalue weighted by atomic mass is 9.90. The van der Waals surface area contributed by atoms with E-state index in [4.69, 9.17) is 0 Å². The Morgan fingerprint density at radius 3 is 2.23 bits per heavy atom. The maximum absolute atomic E-state index is 9.46. The van der Waals surface area contributed by atoms with Gasteiger partial charge in [-0.25, -0.2) is 0 Å². The molecule has 0 atom stereocenters. The van der Waals surface area contributed by atoms with Crippen LogP contribution in [-0.2, 0) is 6.42 Å². The van der Waals surface area contributed by atoms with Gasteiger partial charge in [-0.15, -0.1) is 15.0 Å². The maximum atomic E-state index is 9.46. The topological polar surface area (TPSA) is 57.7 Å². The Hall–Kier alpha value is -3.13. The van der Waals surface area contributed by atoms with Gasteiger partial charge in [0.05, 0.1) is 5.69 Å². The summed E-state index contributed by atoms with van der Waals surface area (Å²) in [5.74, 6) is 1.39. The molecule has 1 aliphatic heterocycles. The molecule has 0 saturated carbocycles. The molecule has 3 aromatic rings. The molecule has 5 nitrogen and oxygen atoms in total. The quantitative estimate of drug-likeness (QED) is 0.726. The summed E-state index contributed by atoms with van der Waals surface area (Å²) < 4.78 is 0. The summed E-state index contributed by atoms with van der Waals surface area (Å²) in [6, 6.07) is 22.6. The number of aromatic nitrogens is 3. The summed E-state index contributed by atoms with van der Waals surface area (Å²) in [5, 5.41) is 18.4. The molecule has 4 rings (SSSR count). The Balaban J connectivity index is 1.46. The molecule has 5 heteroatoms. The second-order valence-electron chi connectivity index (χ2n) is 6.73. The molecule has 0 aliphatic carbocycles. The van der Waals surface area contributed by atoms with Crippen LogP contribution in [0.5, 0.6) is 0 Å². The van der Waals surface area contributed by atoms with E-state index in [0.29, 0.717) is 17.4 Å². The predicted octanol–water partition coefficient (Wildman–Crippen LogP) is 3.60. The third-order valence-electron chi connectivity index (χ3n) is 4.97. The van der Waals surface area contributed by atoms with E-state index in [2.05, 4.69) is 51.5 Å². The number of hydrogen-bond acceptors (Lipinski definition) is 4. The van der Waals surface area contributed by atoms with Gasteiger partial charge in [0, 0.05) is 13.1 Å². The first-order chi connectivity index (χ1) is 12.8. The van der Waals surface area contributed by atoms with Crippen LogP contribution in [0.2, 0.25) is 0 Å². The number of nitrogens with zero attached hydrogens (tertiary/aromatic N) is 5. The summed E-state index contributed by atoms with van der Waals surface area (Å²) in [7, 11) is 0. The Bertz CT molecular complexity index is 887. The molecule has 0 amide bonds. The molecule has 2 aromatic carbocycles. The highest BCUT2D eigenvalue weighted by atomic mass is 15.5. The van der Waals surface area contributed by atoms with Gasteiger partial charge in [0.2, 0.25) is 5.69 Å². The SMILES string of the molecule is N#Cc1nn(-c2ccccc2)nc1N1CCC(Cc2ccccc2)CC1. The van der Waals surface area contributed by atoms with Crippen LogP contribution in [0.15, 0.2) is 60.7 Å². The lowest BCUT2D eigenvalue weighted by Gasteiger charge is -2.32. The number of piperidine rings is 1. The smallest absolute Gasteiger partial charge is 0.207 e. The first kappa shape index (κ1) is 16.3. The third kappa shape index (κ3) is 3.45. The monoisotopic (exact) mass is 343 g/mol. The van der Waals surface area contributed by atoms with Gasteiger partial charge < -0.3 is 4.90 Å². The average Bonchev–Trinajstić information content (AvgIpc) is 3.15. The minimum atomic E-state index is 0.398. The van der Waals surface area contributed by atoms with Crippen molar-refractivity contribution in [1.29, 1.82) is 5.26 Å². The first-order valence-corrected chi connectivity index (χ1v) is 9.05. The van der Waals surface area contributed by atoms with E-state index >= 15 is 0 Å². The number of anilines is 1. The van der Waals surface area contributed by atoms with Crippen LogP contribution in [-0.4, -0.2) is 28.1 Å². The van der Waals surface area contributed by atoms with Gasteiger partial charge in [-0.05, 0) is 42.9 Å². The van der Waals surface area contributed by atoms with Gasteiger partial charge in [0.25, 0.3) is 0 Å². The van der Waals surface area contributed by atoms with E-state index in [0.717, 1.165) is 38.0 Å². The van der Waals surface area contributed by atoms with Gasteiger partial charge in [-0.3, -0.25) is 0 Å². The zero-order valence-electron chi connectivity index (χ0n) is 14.6. The van der Waals surface area contributed by atoms with E-state index in [1.165, 1.54) is 5.56 Å². The molecule has 0 radical (unpaired) electrons. The Morgan fingerprint density at radius 2 is 1.58 bits per heavy atom. The maximum Gasteiger partial charge on any atom is 0.207 e. The van der Waals surface area contributed by atoms with Crippen LogP contribution >= 0.6 is 0 Å². The average molecular weight is 343 g/mol. The summed E-state index contributed by atoms with van der Waals surface area (Å²) >= 11 is 0. The van der Waals surface area contributed by atoms with Crippen molar-refractivity contribution in [3.63, 3.8) is 0 Å². The zero-order chi connectivity index (χ0) is 17.8. The molecule has 0 unspecified atom stereocenters. The lowest BCUT2D eigenvalue weighted by Crippen LogP contribution is -2.35. The second-order valence-corrected chi connectivity index (χ2v) is 6.73. The molecule has 26 heavy (non-hydrogen) atoms. The summed E-state index contributed by atoms with van der Waals surface area (Å²) in [6.07, 6.45) is 3.34. The molecular weight excluding hydrogens is 322 g/mol. The number of para-hydroxylation sites is 1. The summed E-state index contributed by atoms with van der Waals surface area (Å²) in [4.78, 5) is 3.76. The highest BCUT2D eigenvalue weighted by molar-refractivity contribution is 5.50. The second kappa shape index (κ2) is 7.40. The van der Waals surface area contributed by atoms with Crippen LogP contribution in [0.3, 0.4) is 0 Å². The van der Waals surface area contributed by atoms with Crippen molar-refractivity contribution in [3.05, 3.63) is 71.9 Å². The molecule has 130 valence electrons. The largest absolute Gasteiger partial charge is 0.353 e. The van der Waals surface area contributed by atoms with Crippen molar-refractivity contribution >= 4 is 5.82 Å². The van der Waals surface area contributed by atoms with E-state index < -0.39 is 0 Å². The predicted molar refractivity (Wildman–Crippen MR) is 101 cm³/mol. The van der Waals surface area contributed by atoms with E-state index in [1.807, 2.05) is 30.3 Å². The number of rotatable bonds is 4. The van der Waals surface area contributed by atoms with Crippen LogP contribution in [0.1, 0.15) is 24.1 Å². The van der Waals surface area contributed by atoms with Gasteiger partial charge >= 0.3 is 0 Å². The zero-order valence-corrected chi connectivity index (χ0v) is 14.6.